The number of aryl methyl sites for hydroxylation is 2. The van der Waals surface area contributed by atoms with Gasteiger partial charge in [0, 0.05) is 50.2 Å². The van der Waals surface area contributed by atoms with Crippen LogP contribution in [0.4, 0.5) is 23.7 Å². The highest BCUT2D eigenvalue weighted by molar-refractivity contribution is 6.00. The summed E-state index contributed by atoms with van der Waals surface area (Å²) in [6.07, 6.45) is 3.23. The number of hydrogen-bond acceptors (Lipinski definition) is 4. The van der Waals surface area contributed by atoms with Gasteiger partial charge in [0.2, 0.25) is 0 Å². The summed E-state index contributed by atoms with van der Waals surface area (Å²) in [6, 6.07) is 0.245. The highest BCUT2D eigenvalue weighted by Crippen LogP contribution is 2.48. The van der Waals surface area contributed by atoms with Crippen LogP contribution in [-0.4, -0.2) is 55.1 Å². The number of hydrogen-bond donors (Lipinski definition) is 2. The van der Waals surface area contributed by atoms with E-state index in [9.17, 15) is 22.8 Å². The number of imidazole rings is 1. The average molecular weight is 475 g/mol. The van der Waals surface area contributed by atoms with Crippen molar-refractivity contribution >= 4 is 23.3 Å². The van der Waals surface area contributed by atoms with Crippen molar-refractivity contribution < 1.29 is 22.8 Å². The van der Waals surface area contributed by atoms with Crippen LogP contribution in [0.2, 0.25) is 0 Å². The molecule has 3 aromatic heterocycles. The van der Waals surface area contributed by atoms with Crippen LogP contribution in [-0.2, 0) is 19.6 Å². The van der Waals surface area contributed by atoms with E-state index in [4.69, 9.17) is 0 Å². The maximum atomic E-state index is 13.0. The SMILES string of the molecule is CCc1ncc(C(F)(F)F)cc1NC(=O)NC1CC2(C1)CN(C(=O)c1cnn3ccn(C)c13)C2. The Balaban J connectivity index is 1.15. The quantitative estimate of drug-likeness (QED) is 0.606. The average Bonchev–Trinajstić information content (AvgIpc) is 3.30. The molecule has 1 aliphatic heterocycles. The summed E-state index contributed by atoms with van der Waals surface area (Å²) >= 11 is 0. The molecule has 9 nitrogen and oxygen atoms in total. The summed E-state index contributed by atoms with van der Waals surface area (Å²) in [5.41, 5.74) is 0.795. The number of pyridine rings is 1. The first-order chi connectivity index (χ1) is 16.1. The van der Waals surface area contributed by atoms with Crippen LogP contribution in [0.25, 0.3) is 5.65 Å². The number of aromatic nitrogens is 4. The number of halogens is 3. The summed E-state index contributed by atoms with van der Waals surface area (Å²) in [5, 5.41) is 9.54. The van der Waals surface area contributed by atoms with E-state index in [-0.39, 0.29) is 23.1 Å². The fourth-order valence-electron chi connectivity index (χ4n) is 5.01. The minimum absolute atomic E-state index is 0.0274. The van der Waals surface area contributed by atoms with E-state index in [0.717, 1.165) is 17.9 Å². The third-order valence-corrected chi connectivity index (χ3v) is 6.68. The van der Waals surface area contributed by atoms with Crippen LogP contribution < -0.4 is 10.6 Å². The number of nitrogens with zero attached hydrogens (tertiary/aromatic N) is 5. The van der Waals surface area contributed by atoms with Gasteiger partial charge in [-0.2, -0.15) is 18.3 Å². The van der Waals surface area contributed by atoms with Crippen molar-refractivity contribution in [2.24, 2.45) is 12.5 Å². The number of urea groups is 1. The predicted octanol–water partition coefficient (Wildman–Crippen LogP) is 3.08. The zero-order chi connectivity index (χ0) is 24.3. The maximum absolute atomic E-state index is 13.0. The van der Waals surface area contributed by atoms with Gasteiger partial charge in [-0.15, -0.1) is 0 Å². The number of carbonyl (C=O) groups excluding carboxylic acids is 2. The topological polar surface area (TPSA) is 96.6 Å². The molecule has 1 spiro atoms. The Kier molecular flexibility index (Phi) is 5.06. The number of nitrogens with one attached hydrogen (secondary N) is 2. The molecule has 1 saturated heterocycles. The lowest BCUT2D eigenvalue weighted by molar-refractivity contribution is -0.137. The molecule has 12 heteroatoms. The van der Waals surface area contributed by atoms with Crippen LogP contribution >= 0.6 is 0 Å². The molecule has 2 N–H and O–H groups in total. The molecule has 0 atom stereocenters. The molecule has 0 bridgehead atoms. The smallest absolute Gasteiger partial charge is 0.337 e. The van der Waals surface area contributed by atoms with Gasteiger partial charge in [0.05, 0.1) is 23.1 Å². The molecule has 2 aliphatic rings. The molecule has 4 heterocycles. The van der Waals surface area contributed by atoms with Crippen molar-refractivity contribution in [1.82, 2.24) is 29.4 Å². The van der Waals surface area contributed by atoms with E-state index in [1.807, 2.05) is 17.8 Å². The third kappa shape index (κ3) is 3.76. The lowest BCUT2D eigenvalue weighted by Crippen LogP contribution is -2.67. The maximum Gasteiger partial charge on any atom is 0.417 e. The number of anilines is 1. The molecule has 1 aliphatic carbocycles. The Labute approximate surface area is 192 Å². The Bertz CT molecular complexity index is 1270. The molecule has 1 saturated carbocycles. The molecule has 2 fully saturated rings. The van der Waals surface area contributed by atoms with E-state index >= 15 is 0 Å². The van der Waals surface area contributed by atoms with Gasteiger partial charge < -0.3 is 20.1 Å². The first-order valence-corrected chi connectivity index (χ1v) is 11.0. The minimum Gasteiger partial charge on any atom is -0.337 e. The van der Waals surface area contributed by atoms with Crippen molar-refractivity contribution in [3.8, 4) is 0 Å². The number of likely N-dealkylation sites (tertiary alicyclic amines) is 1. The van der Waals surface area contributed by atoms with Crippen molar-refractivity contribution in [2.45, 2.75) is 38.4 Å². The molecular formula is C22H24F3N7O2. The van der Waals surface area contributed by atoms with Crippen molar-refractivity contribution in [3.63, 3.8) is 0 Å². The summed E-state index contributed by atoms with van der Waals surface area (Å²) in [7, 11) is 1.86. The molecule has 34 heavy (non-hydrogen) atoms. The predicted molar refractivity (Wildman–Crippen MR) is 116 cm³/mol. The first kappa shape index (κ1) is 22.2. The van der Waals surface area contributed by atoms with Crippen LogP contribution in [0.5, 0.6) is 0 Å². The van der Waals surface area contributed by atoms with Gasteiger partial charge in [0.25, 0.3) is 5.91 Å². The number of fused-ring (bicyclic) bond motifs is 1. The minimum atomic E-state index is -4.54. The van der Waals surface area contributed by atoms with Gasteiger partial charge in [-0.05, 0) is 25.3 Å². The fourth-order valence-corrected chi connectivity index (χ4v) is 5.01. The zero-order valence-electron chi connectivity index (χ0n) is 18.7. The summed E-state index contributed by atoms with van der Waals surface area (Å²) in [4.78, 5) is 30.9. The lowest BCUT2D eigenvalue weighted by atomic mass is 9.60. The van der Waals surface area contributed by atoms with Crippen LogP contribution in [0, 0.1) is 5.41 Å². The van der Waals surface area contributed by atoms with E-state index in [0.29, 0.717) is 43.6 Å². The van der Waals surface area contributed by atoms with E-state index in [2.05, 4.69) is 20.7 Å². The largest absolute Gasteiger partial charge is 0.417 e. The lowest BCUT2D eigenvalue weighted by Gasteiger charge is -2.58. The highest BCUT2D eigenvalue weighted by atomic mass is 19.4. The Morgan fingerprint density at radius 1 is 1.21 bits per heavy atom. The fraction of sp³-hybridized carbons (Fsp3) is 0.455. The van der Waals surface area contributed by atoms with Crippen molar-refractivity contribution in [2.75, 3.05) is 18.4 Å². The van der Waals surface area contributed by atoms with Gasteiger partial charge >= 0.3 is 12.2 Å². The van der Waals surface area contributed by atoms with Crippen LogP contribution in [0.3, 0.4) is 0 Å². The van der Waals surface area contributed by atoms with Gasteiger partial charge in [0.15, 0.2) is 0 Å². The number of rotatable bonds is 4. The van der Waals surface area contributed by atoms with Crippen LogP contribution in [0.15, 0.2) is 30.9 Å². The monoisotopic (exact) mass is 475 g/mol. The van der Waals surface area contributed by atoms with Crippen molar-refractivity contribution in [1.29, 1.82) is 0 Å². The second-order valence-electron chi connectivity index (χ2n) is 9.17. The summed E-state index contributed by atoms with van der Waals surface area (Å²) in [6.45, 7) is 2.96. The molecule has 0 aromatic carbocycles. The highest BCUT2D eigenvalue weighted by Gasteiger charge is 2.54. The molecular weight excluding hydrogens is 451 g/mol. The van der Waals surface area contributed by atoms with Gasteiger partial charge in [0.1, 0.15) is 11.2 Å². The molecule has 5 rings (SSSR count). The zero-order valence-corrected chi connectivity index (χ0v) is 18.7. The van der Waals surface area contributed by atoms with Gasteiger partial charge in [-0.1, -0.05) is 6.92 Å². The first-order valence-electron chi connectivity index (χ1n) is 11.0. The van der Waals surface area contributed by atoms with Gasteiger partial charge in [-0.3, -0.25) is 9.78 Å². The normalized spacial score (nSPS) is 17.5. The Morgan fingerprint density at radius 2 is 1.94 bits per heavy atom. The van der Waals surface area contributed by atoms with Gasteiger partial charge in [-0.25, -0.2) is 9.31 Å². The molecule has 3 aromatic rings. The molecule has 3 amide bonds. The van der Waals surface area contributed by atoms with E-state index < -0.39 is 17.8 Å². The number of alkyl halides is 3. The molecule has 0 unspecified atom stereocenters. The summed E-state index contributed by atoms with van der Waals surface area (Å²) < 4.78 is 42.5. The standard InChI is InChI=1S/C22H24F3N7O2/c1-3-16-17(6-13(9-26-16)22(23,24)25)29-20(34)28-14-7-21(8-14)11-31(12-21)19(33)15-10-27-32-5-4-30(2)18(15)32/h4-6,9-10,14H,3,7-8,11-12H2,1-2H3,(H2,28,29,34). The number of carbonyl (C=O) groups is 2. The Hall–Kier alpha value is -3.57. The molecule has 180 valence electrons. The second-order valence-corrected chi connectivity index (χ2v) is 9.17. The van der Waals surface area contributed by atoms with E-state index in [1.165, 1.54) is 0 Å². The third-order valence-electron chi connectivity index (χ3n) is 6.68. The molecule has 0 radical (unpaired) electrons. The number of amides is 3. The van der Waals surface area contributed by atoms with Crippen molar-refractivity contribution in [3.05, 3.63) is 47.7 Å². The Morgan fingerprint density at radius 3 is 2.62 bits per heavy atom. The summed E-state index contributed by atoms with van der Waals surface area (Å²) in [5.74, 6) is -0.0688. The van der Waals surface area contributed by atoms with Crippen LogP contribution in [0.1, 0.15) is 41.4 Å². The van der Waals surface area contributed by atoms with E-state index in [1.54, 1.807) is 28.7 Å². The second kappa shape index (κ2) is 7.74.